The third-order valence-corrected chi connectivity index (χ3v) is 7.69. The zero-order valence-electron chi connectivity index (χ0n) is 20.0. The van der Waals surface area contributed by atoms with Gasteiger partial charge in [-0.15, -0.1) is 0 Å². The van der Waals surface area contributed by atoms with Crippen LogP contribution in [0, 0.1) is 11.8 Å². The molecule has 2 saturated carbocycles. The molecule has 0 bridgehead atoms. The second-order valence-corrected chi connectivity index (χ2v) is 10.1. The van der Waals surface area contributed by atoms with E-state index in [1.165, 1.54) is 73.8 Å². The average molecular weight is 442 g/mol. The molecule has 33 heavy (non-hydrogen) atoms. The Morgan fingerprint density at radius 1 is 0.879 bits per heavy atom. The molecule has 2 fully saturated rings. The second kappa shape index (κ2) is 10.5. The van der Waals surface area contributed by atoms with Crippen LogP contribution in [-0.4, -0.2) is 11.6 Å². The van der Waals surface area contributed by atoms with Gasteiger partial charge in [-0.25, -0.2) is 0 Å². The summed E-state index contributed by atoms with van der Waals surface area (Å²) in [5.41, 5.74) is 6.25. The lowest BCUT2D eigenvalue weighted by Gasteiger charge is -2.22. The van der Waals surface area contributed by atoms with Crippen LogP contribution in [-0.2, 0) is 12.8 Å². The maximum Gasteiger partial charge on any atom is 0.123 e. The first-order chi connectivity index (χ1) is 16.3. The zero-order valence-corrected chi connectivity index (χ0v) is 20.0. The third-order valence-electron chi connectivity index (χ3n) is 7.69. The van der Waals surface area contributed by atoms with Gasteiger partial charge in [0, 0.05) is 37.2 Å². The Kier molecular flexibility index (Phi) is 7.09. The van der Waals surface area contributed by atoms with Crippen LogP contribution in [0.3, 0.4) is 0 Å². The van der Waals surface area contributed by atoms with Gasteiger partial charge >= 0.3 is 0 Å². The SMILES string of the molecule is CCC1CC1Cc1ccc(-c2cc(OCCc3ccccc3)cc(C3CCCCC3)n2)cc1.[HH]. The van der Waals surface area contributed by atoms with Crippen LogP contribution in [0.25, 0.3) is 11.3 Å². The van der Waals surface area contributed by atoms with Crippen LogP contribution >= 0.6 is 0 Å². The van der Waals surface area contributed by atoms with Crippen LogP contribution < -0.4 is 4.74 Å². The van der Waals surface area contributed by atoms with E-state index in [9.17, 15) is 0 Å². The minimum Gasteiger partial charge on any atom is -0.493 e. The third kappa shape index (κ3) is 5.85. The molecule has 0 N–H and O–H groups in total. The Hall–Kier alpha value is -2.61. The molecular formula is C31H39NO. The highest BCUT2D eigenvalue weighted by Crippen LogP contribution is 2.43. The van der Waals surface area contributed by atoms with Gasteiger partial charge in [0.05, 0.1) is 12.3 Å². The minimum atomic E-state index is 0. The quantitative estimate of drug-likeness (QED) is 0.333. The largest absolute Gasteiger partial charge is 0.493 e. The van der Waals surface area contributed by atoms with Crippen molar-refractivity contribution >= 4 is 0 Å². The molecule has 2 aromatic carbocycles. The predicted molar refractivity (Wildman–Crippen MR) is 139 cm³/mol. The number of hydrogen-bond donors (Lipinski definition) is 0. The Morgan fingerprint density at radius 3 is 2.39 bits per heavy atom. The number of ether oxygens (including phenoxy) is 1. The van der Waals surface area contributed by atoms with Gasteiger partial charge < -0.3 is 4.74 Å². The van der Waals surface area contributed by atoms with Crippen molar-refractivity contribution in [1.82, 2.24) is 4.98 Å². The summed E-state index contributed by atoms with van der Waals surface area (Å²) in [6, 6.07) is 24.1. The molecule has 174 valence electrons. The van der Waals surface area contributed by atoms with Crippen molar-refractivity contribution in [2.24, 2.45) is 11.8 Å². The van der Waals surface area contributed by atoms with Gasteiger partial charge in [-0.1, -0.05) is 87.2 Å². The maximum atomic E-state index is 6.27. The van der Waals surface area contributed by atoms with E-state index in [1.807, 2.05) is 0 Å². The monoisotopic (exact) mass is 441 g/mol. The molecule has 0 radical (unpaired) electrons. The lowest BCUT2D eigenvalue weighted by molar-refractivity contribution is 0.320. The Bertz CT molecular complexity index is 1030. The first kappa shape index (κ1) is 22.2. The molecule has 1 heterocycles. The highest BCUT2D eigenvalue weighted by atomic mass is 16.5. The van der Waals surface area contributed by atoms with E-state index in [1.54, 1.807) is 0 Å². The zero-order chi connectivity index (χ0) is 22.5. The molecule has 0 saturated heterocycles. The van der Waals surface area contributed by atoms with Crippen LogP contribution in [0.4, 0.5) is 0 Å². The average Bonchev–Trinajstić information content (AvgIpc) is 3.63. The summed E-state index contributed by atoms with van der Waals surface area (Å²) >= 11 is 0. The molecule has 2 unspecified atom stereocenters. The van der Waals surface area contributed by atoms with E-state index in [0.29, 0.717) is 12.5 Å². The number of hydrogen-bond acceptors (Lipinski definition) is 2. The Morgan fingerprint density at radius 2 is 1.67 bits per heavy atom. The molecule has 1 aromatic heterocycles. The Labute approximate surface area is 200 Å². The summed E-state index contributed by atoms with van der Waals surface area (Å²) in [5, 5.41) is 0. The molecule has 0 aliphatic heterocycles. The molecule has 2 aliphatic carbocycles. The second-order valence-electron chi connectivity index (χ2n) is 10.1. The fraction of sp³-hybridized carbons (Fsp3) is 0.452. The number of pyridine rings is 1. The molecule has 2 atom stereocenters. The van der Waals surface area contributed by atoms with Gasteiger partial charge in [-0.3, -0.25) is 4.98 Å². The fourth-order valence-corrected chi connectivity index (χ4v) is 5.47. The van der Waals surface area contributed by atoms with Crippen molar-refractivity contribution in [2.45, 2.75) is 70.6 Å². The van der Waals surface area contributed by atoms with Crippen molar-refractivity contribution in [2.75, 3.05) is 6.61 Å². The topological polar surface area (TPSA) is 22.1 Å². The molecular weight excluding hydrogens is 402 g/mol. The van der Waals surface area contributed by atoms with E-state index < -0.39 is 0 Å². The molecule has 2 aliphatic rings. The number of aromatic nitrogens is 1. The summed E-state index contributed by atoms with van der Waals surface area (Å²) in [7, 11) is 0. The van der Waals surface area contributed by atoms with Gasteiger partial charge in [0.1, 0.15) is 5.75 Å². The smallest absolute Gasteiger partial charge is 0.123 e. The number of rotatable bonds is 9. The van der Waals surface area contributed by atoms with E-state index in [2.05, 4.69) is 73.7 Å². The molecule has 3 aromatic rings. The van der Waals surface area contributed by atoms with Crippen molar-refractivity contribution in [1.29, 1.82) is 0 Å². The highest BCUT2D eigenvalue weighted by Gasteiger charge is 2.34. The van der Waals surface area contributed by atoms with Gasteiger partial charge in [0.2, 0.25) is 0 Å². The number of benzene rings is 2. The summed E-state index contributed by atoms with van der Waals surface area (Å²) in [6.45, 7) is 3.01. The van der Waals surface area contributed by atoms with E-state index in [-0.39, 0.29) is 1.43 Å². The van der Waals surface area contributed by atoms with Crippen molar-refractivity contribution in [3.05, 3.63) is 83.6 Å². The maximum absolute atomic E-state index is 6.27. The summed E-state index contributed by atoms with van der Waals surface area (Å²) in [6.07, 6.45) is 11.4. The van der Waals surface area contributed by atoms with E-state index in [0.717, 1.165) is 29.7 Å². The normalized spacial score (nSPS) is 20.5. The van der Waals surface area contributed by atoms with Gasteiger partial charge in [0.25, 0.3) is 0 Å². The lowest BCUT2D eigenvalue weighted by Crippen LogP contribution is -2.08. The highest BCUT2D eigenvalue weighted by molar-refractivity contribution is 5.61. The first-order valence-electron chi connectivity index (χ1n) is 13.1. The van der Waals surface area contributed by atoms with Crippen LogP contribution in [0.15, 0.2) is 66.7 Å². The van der Waals surface area contributed by atoms with Crippen LogP contribution in [0.2, 0.25) is 0 Å². The van der Waals surface area contributed by atoms with E-state index >= 15 is 0 Å². The van der Waals surface area contributed by atoms with Gasteiger partial charge in [-0.05, 0) is 48.6 Å². The summed E-state index contributed by atoms with van der Waals surface area (Å²) in [5.74, 6) is 3.38. The van der Waals surface area contributed by atoms with Crippen molar-refractivity contribution in [3.8, 4) is 17.0 Å². The summed E-state index contributed by atoms with van der Waals surface area (Å²) < 4.78 is 6.27. The molecule has 0 amide bonds. The lowest BCUT2D eigenvalue weighted by atomic mass is 9.86. The van der Waals surface area contributed by atoms with E-state index in [4.69, 9.17) is 9.72 Å². The van der Waals surface area contributed by atoms with Gasteiger partial charge in [0.15, 0.2) is 0 Å². The van der Waals surface area contributed by atoms with Crippen molar-refractivity contribution < 1.29 is 6.16 Å². The molecule has 0 spiro atoms. The molecule has 5 rings (SSSR count). The number of nitrogens with zero attached hydrogens (tertiary/aromatic N) is 1. The van der Waals surface area contributed by atoms with Crippen LogP contribution in [0.5, 0.6) is 5.75 Å². The minimum absolute atomic E-state index is 0. The van der Waals surface area contributed by atoms with Crippen LogP contribution in [0.1, 0.15) is 76.0 Å². The molecule has 2 nitrogen and oxygen atoms in total. The Balaban J connectivity index is 0.00000274. The predicted octanol–water partition coefficient (Wildman–Crippen LogP) is 8.25. The standard InChI is InChI=1S/C31H37NO.H2/c1-2-25-20-28(25)19-24-13-15-27(16-14-24)31-22-29(33-18-17-23-9-5-3-6-10-23)21-30(32-31)26-11-7-4-8-12-26;/h3,5-6,9-10,13-16,21-22,25-26,28H,2,4,7-8,11-12,17-20H2,1H3;1H. The molecule has 2 heteroatoms. The summed E-state index contributed by atoms with van der Waals surface area (Å²) in [4.78, 5) is 5.14. The van der Waals surface area contributed by atoms with Crippen molar-refractivity contribution in [3.63, 3.8) is 0 Å². The first-order valence-corrected chi connectivity index (χ1v) is 13.1. The van der Waals surface area contributed by atoms with Gasteiger partial charge in [-0.2, -0.15) is 0 Å². The fourth-order valence-electron chi connectivity index (χ4n) is 5.47.